The molecule has 0 saturated heterocycles. The molecule has 0 aromatic heterocycles. The minimum absolute atomic E-state index is 0.0587. The zero-order valence-electron chi connectivity index (χ0n) is 17.3. The van der Waals surface area contributed by atoms with Crippen LogP contribution < -0.4 is 4.90 Å². The van der Waals surface area contributed by atoms with Crippen molar-refractivity contribution in [2.45, 2.75) is 13.8 Å². The van der Waals surface area contributed by atoms with Crippen LogP contribution in [0.25, 0.3) is 0 Å². The van der Waals surface area contributed by atoms with Gasteiger partial charge >= 0.3 is 11.9 Å². The van der Waals surface area contributed by atoms with Gasteiger partial charge < -0.3 is 9.47 Å². The number of rotatable bonds is 7. The van der Waals surface area contributed by atoms with Gasteiger partial charge in [-0.15, -0.1) is 0 Å². The molecule has 0 spiro atoms. The van der Waals surface area contributed by atoms with Crippen LogP contribution in [0.4, 0.5) is 5.69 Å². The molecule has 0 unspecified atom stereocenters. The van der Waals surface area contributed by atoms with Crippen molar-refractivity contribution < 1.29 is 28.7 Å². The van der Waals surface area contributed by atoms with E-state index in [0.29, 0.717) is 11.1 Å². The van der Waals surface area contributed by atoms with Gasteiger partial charge in [-0.3, -0.25) is 9.59 Å². The summed E-state index contributed by atoms with van der Waals surface area (Å²) in [5, 5.41) is 0. The number of ether oxygens (including phenoxy) is 2. The molecule has 158 valence electrons. The third-order valence-electron chi connectivity index (χ3n) is 4.36. The van der Waals surface area contributed by atoms with Crippen LogP contribution in [0.1, 0.15) is 55.3 Å². The highest BCUT2D eigenvalue weighted by molar-refractivity contribution is 6.34. The summed E-state index contributed by atoms with van der Waals surface area (Å²) in [5.41, 5.74) is 2.18. The van der Waals surface area contributed by atoms with E-state index >= 15 is 0 Å². The molecule has 1 aliphatic rings. The maximum atomic E-state index is 13.0. The smallest absolute Gasteiger partial charge is 0.338 e. The van der Waals surface area contributed by atoms with Crippen molar-refractivity contribution in [2.24, 2.45) is 0 Å². The quantitative estimate of drug-likeness (QED) is 0.383. The number of esters is 2. The van der Waals surface area contributed by atoms with E-state index in [9.17, 15) is 19.2 Å². The fraction of sp³-hybridized carbons (Fsp3) is 0.167. The Balaban J connectivity index is 1.86. The normalized spacial score (nSPS) is 12.4. The Hall–Kier alpha value is -4.00. The maximum Gasteiger partial charge on any atom is 0.338 e. The lowest BCUT2D eigenvalue weighted by Gasteiger charge is -2.14. The Kier molecular flexibility index (Phi) is 6.15. The van der Waals surface area contributed by atoms with Crippen LogP contribution in [0.2, 0.25) is 0 Å². The molecule has 1 aliphatic heterocycles. The number of benzene rings is 2. The van der Waals surface area contributed by atoms with Gasteiger partial charge in [0.15, 0.2) is 0 Å². The Morgan fingerprint density at radius 2 is 1.35 bits per heavy atom. The summed E-state index contributed by atoms with van der Waals surface area (Å²) >= 11 is 0. The summed E-state index contributed by atoms with van der Waals surface area (Å²) in [4.78, 5) is 51.2. The predicted molar refractivity (Wildman–Crippen MR) is 114 cm³/mol. The molecule has 7 nitrogen and oxygen atoms in total. The van der Waals surface area contributed by atoms with Crippen molar-refractivity contribution in [1.82, 2.24) is 0 Å². The van der Waals surface area contributed by atoms with Crippen molar-refractivity contribution in [2.75, 3.05) is 18.1 Å². The number of amides is 2. The largest absolute Gasteiger partial charge is 0.458 e. The van der Waals surface area contributed by atoms with E-state index in [4.69, 9.17) is 9.47 Å². The lowest BCUT2D eigenvalue weighted by molar-refractivity contribution is 0.0531. The number of imide groups is 1. The maximum absolute atomic E-state index is 13.0. The summed E-state index contributed by atoms with van der Waals surface area (Å²) in [7, 11) is 0. The monoisotopic (exact) mass is 419 g/mol. The minimum atomic E-state index is -0.619. The van der Waals surface area contributed by atoms with E-state index in [1.807, 2.05) is 0 Å². The van der Waals surface area contributed by atoms with E-state index in [-0.39, 0.29) is 41.2 Å². The zero-order chi connectivity index (χ0) is 22.7. The third-order valence-corrected chi connectivity index (χ3v) is 4.36. The predicted octanol–water partition coefficient (Wildman–Crippen LogP) is 3.95. The summed E-state index contributed by atoms with van der Waals surface area (Å²) < 4.78 is 10.2. The van der Waals surface area contributed by atoms with Crippen molar-refractivity contribution in [1.29, 1.82) is 0 Å². The topological polar surface area (TPSA) is 90.0 Å². The minimum Gasteiger partial charge on any atom is -0.458 e. The van der Waals surface area contributed by atoms with Crippen molar-refractivity contribution in [3.05, 3.63) is 89.0 Å². The first-order valence-corrected chi connectivity index (χ1v) is 9.45. The lowest BCUT2D eigenvalue weighted by atomic mass is 10.1. The second-order valence-electron chi connectivity index (χ2n) is 7.32. The SMILES string of the molecule is C=C(C)COC(=O)c1cccc(N2C(=O)c3ccc(C(=O)OCC(=C)C)cc3C2=O)c1. The molecule has 0 saturated carbocycles. The van der Waals surface area contributed by atoms with Gasteiger partial charge in [-0.2, -0.15) is 0 Å². The van der Waals surface area contributed by atoms with Gasteiger partial charge in [0.05, 0.1) is 27.9 Å². The van der Waals surface area contributed by atoms with Crippen LogP contribution >= 0.6 is 0 Å². The summed E-state index contributed by atoms with van der Waals surface area (Å²) in [5.74, 6) is -2.35. The van der Waals surface area contributed by atoms with Crippen LogP contribution in [0.15, 0.2) is 66.8 Å². The fourth-order valence-electron chi connectivity index (χ4n) is 2.92. The standard InChI is InChI=1S/C24H21NO6/c1-14(2)12-30-23(28)16-6-5-7-18(10-16)25-21(26)19-9-8-17(11-20(19)22(25)27)24(29)31-13-15(3)4/h5-11H,1,3,12-13H2,2,4H3. The molecule has 2 amide bonds. The summed E-state index contributed by atoms with van der Waals surface area (Å²) in [6.07, 6.45) is 0. The van der Waals surface area contributed by atoms with Gasteiger partial charge in [0, 0.05) is 0 Å². The molecule has 0 N–H and O–H groups in total. The molecular formula is C24H21NO6. The first-order chi connectivity index (χ1) is 14.7. The lowest BCUT2D eigenvalue weighted by Crippen LogP contribution is -2.29. The number of nitrogens with zero attached hydrogens (tertiary/aromatic N) is 1. The van der Waals surface area contributed by atoms with Crippen molar-refractivity contribution in [3.8, 4) is 0 Å². The van der Waals surface area contributed by atoms with Crippen LogP contribution in [-0.4, -0.2) is 37.0 Å². The molecule has 0 aliphatic carbocycles. The van der Waals surface area contributed by atoms with Gasteiger partial charge in [0.25, 0.3) is 11.8 Å². The molecule has 2 aromatic rings. The highest BCUT2D eigenvalue weighted by Crippen LogP contribution is 2.30. The average molecular weight is 419 g/mol. The Morgan fingerprint density at radius 1 is 0.806 bits per heavy atom. The molecule has 31 heavy (non-hydrogen) atoms. The van der Waals surface area contributed by atoms with Crippen LogP contribution in [0.3, 0.4) is 0 Å². The summed E-state index contributed by atoms with van der Waals surface area (Å²) in [6.45, 7) is 10.9. The highest BCUT2D eigenvalue weighted by atomic mass is 16.5. The van der Waals surface area contributed by atoms with E-state index in [1.165, 1.54) is 30.3 Å². The molecule has 7 heteroatoms. The number of hydrogen-bond donors (Lipinski definition) is 0. The van der Waals surface area contributed by atoms with Gasteiger partial charge in [0.2, 0.25) is 0 Å². The van der Waals surface area contributed by atoms with E-state index in [1.54, 1.807) is 26.0 Å². The first kappa shape index (κ1) is 21.7. The van der Waals surface area contributed by atoms with Crippen molar-refractivity contribution >= 4 is 29.4 Å². The van der Waals surface area contributed by atoms with E-state index in [2.05, 4.69) is 13.2 Å². The molecule has 0 bridgehead atoms. The number of carbonyl (C=O) groups is 4. The Labute approximate surface area is 179 Å². The first-order valence-electron chi connectivity index (χ1n) is 9.45. The van der Waals surface area contributed by atoms with Crippen LogP contribution in [-0.2, 0) is 9.47 Å². The second-order valence-corrected chi connectivity index (χ2v) is 7.32. The van der Waals surface area contributed by atoms with E-state index in [0.717, 1.165) is 4.90 Å². The van der Waals surface area contributed by atoms with Gasteiger partial charge in [-0.1, -0.05) is 19.2 Å². The zero-order valence-corrected chi connectivity index (χ0v) is 17.3. The molecule has 1 heterocycles. The molecule has 0 radical (unpaired) electrons. The van der Waals surface area contributed by atoms with Crippen molar-refractivity contribution in [3.63, 3.8) is 0 Å². The number of hydrogen-bond acceptors (Lipinski definition) is 6. The summed E-state index contributed by atoms with van der Waals surface area (Å²) in [6, 6.07) is 10.2. The third kappa shape index (κ3) is 4.61. The van der Waals surface area contributed by atoms with Gasteiger partial charge in [0.1, 0.15) is 13.2 Å². The van der Waals surface area contributed by atoms with Crippen LogP contribution in [0.5, 0.6) is 0 Å². The number of anilines is 1. The van der Waals surface area contributed by atoms with Gasteiger partial charge in [-0.05, 0) is 61.4 Å². The molecule has 0 fully saturated rings. The second kappa shape index (κ2) is 8.79. The number of fused-ring (bicyclic) bond motifs is 1. The van der Waals surface area contributed by atoms with E-state index < -0.39 is 23.8 Å². The molecular weight excluding hydrogens is 398 g/mol. The number of carbonyl (C=O) groups excluding carboxylic acids is 4. The van der Waals surface area contributed by atoms with Crippen LogP contribution in [0, 0.1) is 0 Å². The highest BCUT2D eigenvalue weighted by Gasteiger charge is 2.37. The Bertz CT molecular complexity index is 1130. The molecule has 0 atom stereocenters. The average Bonchev–Trinajstić information content (AvgIpc) is 2.99. The Morgan fingerprint density at radius 3 is 1.94 bits per heavy atom. The molecule has 3 rings (SSSR count). The van der Waals surface area contributed by atoms with Gasteiger partial charge in [-0.25, -0.2) is 14.5 Å². The molecule has 2 aromatic carbocycles. The fourth-order valence-corrected chi connectivity index (χ4v) is 2.92.